The highest BCUT2D eigenvalue weighted by molar-refractivity contribution is 9.10. The van der Waals surface area contributed by atoms with Crippen LogP contribution in [0.25, 0.3) is 11.0 Å². The van der Waals surface area contributed by atoms with Gasteiger partial charge in [-0.05, 0) is 35.4 Å². The van der Waals surface area contributed by atoms with Gasteiger partial charge in [-0.2, -0.15) is 0 Å². The van der Waals surface area contributed by atoms with Crippen LogP contribution < -0.4 is 11.4 Å². The molecule has 0 amide bonds. The normalized spacial score (nSPS) is 23.2. The van der Waals surface area contributed by atoms with Gasteiger partial charge in [0.25, 0.3) is 0 Å². The number of halogens is 1. The van der Waals surface area contributed by atoms with Gasteiger partial charge in [0, 0.05) is 10.5 Å². The Morgan fingerprint density at radius 3 is 2.50 bits per heavy atom. The van der Waals surface area contributed by atoms with Crippen LogP contribution in [0.1, 0.15) is 31.9 Å². The van der Waals surface area contributed by atoms with Crippen molar-refractivity contribution in [2.45, 2.75) is 26.3 Å². The molecule has 1 heterocycles. The zero-order chi connectivity index (χ0) is 13.1. The smallest absolute Gasteiger partial charge is 0.323 e. The molecule has 0 radical (unpaired) electrons. The predicted octanol–water partition coefficient (Wildman–Crippen LogP) is 2.66. The number of hydrogen-bond acceptors (Lipinski definition) is 2. The second kappa shape index (κ2) is 3.71. The minimum absolute atomic E-state index is 0.0113. The Labute approximate surface area is 113 Å². The van der Waals surface area contributed by atoms with Crippen molar-refractivity contribution in [1.29, 1.82) is 0 Å². The summed E-state index contributed by atoms with van der Waals surface area (Å²) in [5.41, 5.74) is 9.17. The quantitative estimate of drug-likeness (QED) is 0.798. The summed E-state index contributed by atoms with van der Waals surface area (Å²) < 4.78 is 0.959. The molecule has 2 atom stereocenters. The lowest BCUT2D eigenvalue weighted by atomic mass is 9.97. The minimum Gasteiger partial charge on any atom is -0.324 e. The molecule has 96 valence electrons. The number of hydrogen-bond donors (Lipinski definition) is 3. The Kier molecular flexibility index (Phi) is 2.47. The highest BCUT2D eigenvalue weighted by Crippen LogP contribution is 2.57. The van der Waals surface area contributed by atoms with Crippen LogP contribution in [-0.4, -0.2) is 9.97 Å². The molecular formula is C13H16BrN3O. The van der Waals surface area contributed by atoms with Gasteiger partial charge in [0.05, 0.1) is 11.0 Å². The standard InChI is InChI=1S/C13H16BrN3O/c1-13(2)5-7(13)11(15)6-3-9-10(4-8(6)14)17-12(18)16-9/h3-4,7,11H,5,15H2,1-2H3,(H2,16,17,18). The number of imidazole rings is 1. The van der Waals surface area contributed by atoms with Crippen molar-refractivity contribution >= 4 is 27.0 Å². The van der Waals surface area contributed by atoms with E-state index in [-0.39, 0.29) is 11.7 Å². The fourth-order valence-corrected chi connectivity index (χ4v) is 3.27. The molecule has 5 heteroatoms. The second-order valence-corrected chi connectivity index (χ2v) is 6.68. The van der Waals surface area contributed by atoms with Gasteiger partial charge in [0.1, 0.15) is 0 Å². The number of nitrogens with one attached hydrogen (secondary N) is 2. The fraction of sp³-hybridized carbons (Fsp3) is 0.462. The molecule has 1 fully saturated rings. The van der Waals surface area contributed by atoms with E-state index in [0.717, 1.165) is 27.5 Å². The Bertz CT molecular complexity index is 670. The van der Waals surface area contributed by atoms with E-state index in [0.29, 0.717) is 11.3 Å². The van der Waals surface area contributed by atoms with Gasteiger partial charge < -0.3 is 15.7 Å². The topological polar surface area (TPSA) is 74.7 Å². The summed E-state index contributed by atoms with van der Waals surface area (Å²) in [5.74, 6) is 0.511. The van der Waals surface area contributed by atoms with E-state index in [1.807, 2.05) is 12.1 Å². The Balaban J connectivity index is 2.06. The lowest BCUT2D eigenvalue weighted by Crippen LogP contribution is -2.16. The molecule has 1 aliphatic carbocycles. The number of fused-ring (bicyclic) bond motifs is 1. The lowest BCUT2D eigenvalue weighted by molar-refractivity contribution is 0.490. The average Bonchev–Trinajstić information content (AvgIpc) is 2.75. The maximum atomic E-state index is 11.3. The van der Waals surface area contributed by atoms with Gasteiger partial charge in [-0.15, -0.1) is 0 Å². The van der Waals surface area contributed by atoms with Crippen LogP contribution >= 0.6 is 15.9 Å². The summed E-state index contributed by atoms with van der Waals surface area (Å²) in [5, 5.41) is 0. The molecule has 2 aromatic rings. The summed E-state index contributed by atoms with van der Waals surface area (Å²) in [4.78, 5) is 16.8. The van der Waals surface area contributed by atoms with Gasteiger partial charge in [0.15, 0.2) is 0 Å². The third-order valence-corrected chi connectivity index (χ3v) is 4.70. The van der Waals surface area contributed by atoms with Crippen molar-refractivity contribution < 1.29 is 0 Å². The van der Waals surface area contributed by atoms with Crippen molar-refractivity contribution in [2.24, 2.45) is 17.1 Å². The zero-order valence-electron chi connectivity index (χ0n) is 10.4. The largest absolute Gasteiger partial charge is 0.324 e. The van der Waals surface area contributed by atoms with E-state index in [2.05, 4.69) is 39.7 Å². The summed E-state index contributed by atoms with van der Waals surface area (Å²) in [7, 11) is 0. The number of rotatable bonds is 2. The third kappa shape index (κ3) is 1.82. The molecule has 0 aliphatic heterocycles. The molecule has 0 bridgehead atoms. The van der Waals surface area contributed by atoms with E-state index >= 15 is 0 Å². The second-order valence-electron chi connectivity index (χ2n) is 5.82. The lowest BCUT2D eigenvalue weighted by Gasteiger charge is -2.15. The van der Waals surface area contributed by atoms with Crippen LogP contribution in [0, 0.1) is 11.3 Å². The first-order valence-electron chi connectivity index (χ1n) is 6.05. The van der Waals surface area contributed by atoms with Crippen LogP contribution in [0.3, 0.4) is 0 Å². The third-order valence-electron chi connectivity index (χ3n) is 4.02. The number of H-pyrrole nitrogens is 2. The first kappa shape index (κ1) is 12.0. The molecule has 1 aliphatic rings. The van der Waals surface area contributed by atoms with Crippen molar-refractivity contribution in [1.82, 2.24) is 9.97 Å². The highest BCUT2D eigenvalue weighted by atomic mass is 79.9. The first-order chi connectivity index (χ1) is 8.38. The van der Waals surface area contributed by atoms with Crippen LogP contribution in [0.2, 0.25) is 0 Å². The molecule has 3 rings (SSSR count). The van der Waals surface area contributed by atoms with E-state index in [4.69, 9.17) is 5.73 Å². The Morgan fingerprint density at radius 2 is 1.94 bits per heavy atom. The average molecular weight is 310 g/mol. The van der Waals surface area contributed by atoms with Crippen LogP contribution in [0.5, 0.6) is 0 Å². The van der Waals surface area contributed by atoms with Crippen LogP contribution in [-0.2, 0) is 0 Å². The van der Waals surface area contributed by atoms with Crippen molar-refractivity contribution in [2.75, 3.05) is 0 Å². The van der Waals surface area contributed by atoms with Crippen molar-refractivity contribution in [3.63, 3.8) is 0 Å². The number of benzene rings is 1. The molecule has 1 aromatic carbocycles. The predicted molar refractivity (Wildman–Crippen MR) is 75.4 cm³/mol. The van der Waals surface area contributed by atoms with E-state index in [9.17, 15) is 4.79 Å². The van der Waals surface area contributed by atoms with Gasteiger partial charge >= 0.3 is 5.69 Å². The molecule has 4 N–H and O–H groups in total. The molecule has 1 aromatic heterocycles. The maximum Gasteiger partial charge on any atom is 0.323 e. The van der Waals surface area contributed by atoms with Crippen molar-refractivity contribution in [3.8, 4) is 0 Å². The van der Waals surface area contributed by atoms with Gasteiger partial charge in [-0.25, -0.2) is 4.79 Å². The maximum absolute atomic E-state index is 11.3. The molecule has 0 spiro atoms. The van der Waals surface area contributed by atoms with E-state index in [1.54, 1.807) is 0 Å². The molecule has 0 saturated heterocycles. The number of nitrogens with two attached hydrogens (primary N) is 1. The Hall–Kier alpha value is -1.07. The molecule has 2 unspecified atom stereocenters. The molecular weight excluding hydrogens is 294 g/mol. The van der Waals surface area contributed by atoms with Crippen LogP contribution in [0.15, 0.2) is 21.4 Å². The summed E-state index contributed by atoms with van der Waals surface area (Å²) >= 11 is 3.54. The number of aromatic nitrogens is 2. The number of aromatic amines is 2. The summed E-state index contributed by atoms with van der Waals surface area (Å²) in [6.07, 6.45) is 1.16. The fourth-order valence-electron chi connectivity index (χ4n) is 2.67. The molecule has 18 heavy (non-hydrogen) atoms. The molecule has 4 nitrogen and oxygen atoms in total. The van der Waals surface area contributed by atoms with Gasteiger partial charge in [-0.3, -0.25) is 0 Å². The van der Waals surface area contributed by atoms with Gasteiger partial charge in [-0.1, -0.05) is 29.8 Å². The molecule has 1 saturated carbocycles. The van der Waals surface area contributed by atoms with Gasteiger partial charge in [0.2, 0.25) is 0 Å². The minimum atomic E-state index is -0.186. The van der Waals surface area contributed by atoms with Crippen LogP contribution in [0.4, 0.5) is 0 Å². The SMILES string of the molecule is CC1(C)CC1C(N)c1cc2[nH]c(=O)[nH]c2cc1Br. The zero-order valence-corrected chi connectivity index (χ0v) is 12.0. The van der Waals surface area contributed by atoms with E-state index in [1.165, 1.54) is 0 Å². The van der Waals surface area contributed by atoms with E-state index < -0.39 is 0 Å². The Morgan fingerprint density at radius 1 is 1.39 bits per heavy atom. The highest BCUT2D eigenvalue weighted by Gasteiger charge is 2.49. The monoisotopic (exact) mass is 309 g/mol. The van der Waals surface area contributed by atoms with Crippen molar-refractivity contribution in [3.05, 3.63) is 32.7 Å². The summed E-state index contributed by atoms with van der Waals surface area (Å²) in [6.45, 7) is 4.48. The first-order valence-corrected chi connectivity index (χ1v) is 6.85. The summed E-state index contributed by atoms with van der Waals surface area (Å²) in [6, 6.07) is 3.89.